The second kappa shape index (κ2) is 9.16. The molecule has 142 valence electrons. The van der Waals surface area contributed by atoms with Crippen LogP contribution in [0.5, 0.6) is 5.88 Å². The smallest absolute Gasteiger partial charge is 0.253 e. The summed E-state index contributed by atoms with van der Waals surface area (Å²) < 4.78 is 5.27. The maximum atomic E-state index is 12.5. The monoisotopic (exact) mass is 367 g/mol. The van der Waals surface area contributed by atoms with Crippen LogP contribution in [-0.4, -0.2) is 41.4 Å². The van der Waals surface area contributed by atoms with Crippen LogP contribution in [-0.2, 0) is 6.54 Å². The molecule has 3 rings (SSSR count). The van der Waals surface area contributed by atoms with E-state index in [9.17, 15) is 9.59 Å². The number of carbonyl (C=O) groups excluding carboxylic acids is 2. The number of pyridine rings is 1. The molecule has 2 heterocycles. The van der Waals surface area contributed by atoms with Gasteiger partial charge in [0.05, 0.1) is 12.2 Å². The highest BCUT2D eigenvalue weighted by atomic mass is 16.5. The predicted molar refractivity (Wildman–Crippen MR) is 103 cm³/mol. The predicted octanol–water partition coefficient (Wildman–Crippen LogP) is 3.04. The number of hydrogen-bond donors (Lipinski definition) is 1. The van der Waals surface area contributed by atoms with E-state index >= 15 is 0 Å². The summed E-state index contributed by atoms with van der Waals surface area (Å²) in [6.07, 6.45) is 4.86. The van der Waals surface area contributed by atoms with Gasteiger partial charge in [-0.3, -0.25) is 9.59 Å². The van der Waals surface area contributed by atoms with E-state index in [-0.39, 0.29) is 11.8 Å². The lowest BCUT2D eigenvalue weighted by molar-refractivity contribution is 0.0724. The molecular weight excluding hydrogens is 342 g/mol. The highest BCUT2D eigenvalue weighted by Gasteiger charge is 2.17. The van der Waals surface area contributed by atoms with Gasteiger partial charge in [0.15, 0.2) is 0 Å². The zero-order valence-corrected chi connectivity index (χ0v) is 15.6. The van der Waals surface area contributed by atoms with Gasteiger partial charge in [-0.25, -0.2) is 4.98 Å². The quantitative estimate of drug-likeness (QED) is 0.852. The first kappa shape index (κ1) is 18.9. The van der Waals surface area contributed by atoms with Crippen LogP contribution in [0.1, 0.15) is 52.5 Å². The van der Waals surface area contributed by atoms with Crippen molar-refractivity contribution in [2.24, 2.45) is 0 Å². The maximum absolute atomic E-state index is 12.5. The molecule has 0 unspecified atom stereocenters. The van der Waals surface area contributed by atoms with Crippen LogP contribution in [0.4, 0.5) is 0 Å². The number of rotatable bonds is 6. The molecule has 0 spiro atoms. The first-order valence-electron chi connectivity index (χ1n) is 9.42. The normalized spacial score (nSPS) is 13.9. The Morgan fingerprint density at radius 3 is 2.37 bits per heavy atom. The number of hydrogen-bond acceptors (Lipinski definition) is 4. The van der Waals surface area contributed by atoms with Gasteiger partial charge in [-0.15, -0.1) is 0 Å². The molecule has 0 radical (unpaired) electrons. The third kappa shape index (κ3) is 5.06. The van der Waals surface area contributed by atoms with Gasteiger partial charge in [-0.05, 0) is 49.9 Å². The third-order valence-corrected chi connectivity index (χ3v) is 4.59. The molecule has 2 amide bonds. The van der Waals surface area contributed by atoms with Crippen molar-refractivity contribution in [3.8, 4) is 5.88 Å². The number of nitrogens with zero attached hydrogens (tertiary/aromatic N) is 2. The van der Waals surface area contributed by atoms with Crippen LogP contribution in [0.25, 0.3) is 0 Å². The summed E-state index contributed by atoms with van der Waals surface area (Å²) >= 11 is 0. The lowest BCUT2D eigenvalue weighted by Gasteiger charge is -2.26. The van der Waals surface area contributed by atoms with E-state index in [1.807, 2.05) is 36.1 Å². The van der Waals surface area contributed by atoms with Crippen molar-refractivity contribution in [3.63, 3.8) is 0 Å². The summed E-state index contributed by atoms with van der Waals surface area (Å²) in [5, 5.41) is 2.86. The van der Waals surface area contributed by atoms with Crippen molar-refractivity contribution in [2.45, 2.75) is 32.7 Å². The highest BCUT2D eigenvalue weighted by molar-refractivity contribution is 5.94. The number of piperidine rings is 1. The minimum Gasteiger partial charge on any atom is -0.478 e. The fraction of sp³-hybridized carbons (Fsp3) is 0.381. The number of likely N-dealkylation sites (tertiary alicyclic amines) is 1. The Kier molecular flexibility index (Phi) is 6.41. The van der Waals surface area contributed by atoms with E-state index < -0.39 is 0 Å². The van der Waals surface area contributed by atoms with E-state index in [0.717, 1.165) is 31.5 Å². The number of aromatic nitrogens is 1. The zero-order chi connectivity index (χ0) is 19.1. The molecular formula is C21H25N3O3. The molecule has 0 atom stereocenters. The molecule has 1 aromatic heterocycles. The van der Waals surface area contributed by atoms with Gasteiger partial charge >= 0.3 is 0 Å². The molecule has 1 aliphatic heterocycles. The Bertz CT molecular complexity index is 766. The lowest BCUT2D eigenvalue weighted by atomic mass is 10.1. The summed E-state index contributed by atoms with van der Waals surface area (Å²) in [6.45, 7) is 4.49. The van der Waals surface area contributed by atoms with Crippen LogP contribution < -0.4 is 10.1 Å². The molecule has 1 aliphatic rings. The van der Waals surface area contributed by atoms with E-state index in [4.69, 9.17) is 4.74 Å². The van der Waals surface area contributed by atoms with Gasteiger partial charge in [-0.2, -0.15) is 0 Å². The van der Waals surface area contributed by atoms with Crippen molar-refractivity contribution in [3.05, 3.63) is 59.3 Å². The Morgan fingerprint density at radius 2 is 1.74 bits per heavy atom. The van der Waals surface area contributed by atoms with E-state index in [1.54, 1.807) is 12.1 Å². The van der Waals surface area contributed by atoms with Crippen molar-refractivity contribution in [1.29, 1.82) is 0 Å². The van der Waals surface area contributed by atoms with Gasteiger partial charge in [0, 0.05) is 37.5 Å². The molecule has 1 N–H and O–H groups in total. The second-order valence-corrected chi connectivity index (χ2v) is 6.55. The minimum atomic E-state index is -0.195. The molecule has 0 aliphatic carbocycles. The van der Waals surface area contributed by atoms with Crippen LogP contribution in [0, 0.1) is 0 Å². The number of amides is 2. The molecule has 6 nitrogen and oxygen atoms in total. The molecule has 2 aromatic rings. The topological polar surface area (TPSA) is 71.5 Å². The van der Waals surface area contributed by atoms with Gasteiger partial charge < -0.3 is 15.0 Å². The molecule has 0 saturated carbocycles. The fourth-order valence-corrected chi connectivity index (χ4v) is 3.08. The number of benzene rings is 1. The Balaban J connectivity index is 1.53. The summed E-state index contributed by atoms with van der Waals surface area (Å²) in [7, 11) is 0. The molecule has 6 heteroatoms. The van der Waals surface area contributed by atoms with Gasteiger partial charge in [-0.1, -0.05) is 12.1 Å². The molecule has 1 saturated heterocycles. The summed E-state index contributed by atoms with van der Waals surface area (Å²) in [5.41, 5.74) is 2.12. The highest BCUT2D eigenvalue weighted by Crippen LogP contribution is 2.14. The Hall–Kier alpha value is -2.89. The summed E-state index contributed by atoms with van der Waals surface area (Å²) in [5.74, 6) is 0.396. The van der Waals surface area contributed by atoms with Crippen LogP contribution in [0.15, 0.2) is 42.6 Å². The Labute approximate surface area is 159 Å². The van der Waals surface area contributed by atoms with E-state index in [0.29, 0.717) is 30.2 Å². The SMILES string of the molecule is CCOc1ccc(C(=O)NCc2ccc(C(=O)N3CCCCC3)cc2)cn1. The average molecular weight is 367 g/mol. The van der Waals surface area contributed by atoms with Gasteiger partial charge in [0.2, 0.25) is 5.88 Å². The van der Waals surface area contributed by atoms with Crippen molar-refractivity contribution in [2.75, 3.05) is 19.7 Å². The van der Waals surface area contributed by atoms with Crippen molar-refractivity contribution in [1.82, 2.24) is 15.2 Å². The van der Waals surface area contributed by atoms with Crippen LogP contribution in [0.2, 0.25) is 0 Å². The average Bonchev–Trinajstić information content (AvgIpc) is 2.73. The summed E-state index contributed by atoms with van der Waals surface area (Å²) in [4.78, 5) is 30.7. The lowest BCUT2D eigenvalue weighted by Crippen LogP contribution is -2.35. The van der Waals surface area contributed by atoms with E-state index in [2.05, 4.69) is 10.3 Å². The summed E-state index contributed by atoms with van der Waals surface area (Å²) in [6, 6.07) is 10.8. The molecule has 1 fully saturated rings. The fourth-order valence-electron chi connectivity index (χ4n) is 3.08. The largest absolute Gasteiger partial charge is 0.478 e. The standard InChI is InChI=1S/C21H25N3O3/c1-2-27-19-11-10-18(15-22-19)20(25)23-14-16-6-8-17(9-7-16)21(26)24-12-4-3-5-13-24/h6-11,15H,2-5,12-14H2,1H3,(H,23,25). The number of nitrogens with one attached hydrogen (secondary N) is 1. The number of carbonyl (C=O) groups is 2. The minimum absolute atomic E-state index is 0.0887. The second-order valence-electron chi connectivity index (χ2n) is 6.55. The molecule has 0 bridgehead atoms. The van der Waals surface area contributed by atoms with Crippen LogP contribution >= 0.6 is 0 Å². The first-order chi connectivity index (χ1) is 13.2. The van der Waals surface area contributed by atoms with Crippen molar-refractivity contribution < 1.29 is 14.3 Å². The van der Waals surface area contributed by atoms with Crippen LogP contribution in [0.3, 0.4) is 0 Å². The molecule has 27 heavy (non-hydrogen) atoms. The number of ether oxygens (including phenoxy) is 1. The van der Waals surface area contributed by atoms with Crippen molar-refractivity contribution >= 4 is 11.8 Å². The third-order valence-electron chi connectivity index (χ3n) is 4.59. The molecule has 1 aromatic carbocycles. The Morgan fingerprint density at radius 1 is 1.04 bits per heavy atom. The maximum Gasteiger partial charge on any atom is 0.253 e. The first-order valence-corrected chi connectivity index (χ1v) is 9.42. The van der Waals surface area contributed by atoms with Gasteiger partial charge in [0.25, 0.3) is 11.8 Å². The zero-order valence-electron chi connectivity index (χ0n) is 15.6. The van der Waals surface area contributed by atoms with E-state index in [1.165, 1.54) is 12.6 Å². The van der Waals surface area contributed by atoms with Gasteiger partial charge in [0.1, 0.15) is 0 Å².